The van der Waals surface area contributed by atoms with Crippen LogP contribution < -0.4 is 16.8 Å². The molecule has 0 fully saturated rings. The van der Waals surface area contributed by atoms with E-state index >= 15 is 0 Å². The fourth-order valence-corrected chi connectivity index (χ4v) is 2.80. The van der Waals surface area contributed by atoms with Crippen molar-refractivity contribution < 1.29 is 0 Å². The van der Waals surface area contributed by atoms with Crippen molar-refractivity contribution in [1.29, 1.82) is 0 Å². The van der Waals surface area contributed by atoms with Gasteiger partial charge in [0.2, 0.25) is 0 Å². The molecule has 0 aliphatic carbocycles. The molecule has 0 spiro atoms. The third-order valence-corrected chi connectivity index (χ3v) is 3.62. The number of hydrogen-bond acceptors (Lipinski definition) is 4. The monoisotopic (exact) mass is 229 g/mol. The Bertz CT molecular complexity index is 517. The van der Waals surface area contributed by atoms with Gasteiger partial charge in [0, 0.05) is 21.2 Å². The molecule has 0 radical (unpaired) electrons. The van der Waals surface area contributed by atoms with Crippen LogP contribution in [0.15, 0.2) is 46.2 Å². The van der Waals surface area contributed by atoms with Crippen molar-refractivity contribution in [3.8, 4) is 0 Å². The van der Waals surface area contributed by atoms with Gasteiger partial charge in [-0.15, -0.1) is 0 Å². The van der Waals surface area contributed by atoms with Crippen molar-refractivity contribution in [3.05, 3.63) is 36.4 Å². The van der Waals surface area contributed by atoms with Crippen LogP contribution in [-0.4, -0.2) is 0 Å². The topological polar surface area (TPSA) is 64.1 Å². The van der Waals surface area contributed by atoms with Gasteiger partial charge < -0.3 is 16.8 Å². The largest absolute Gasteiger partial charge is 0.399 e. The Morgan fingerprint density at radius 2 is 1.31 bits per heavy atom. The van der Waals surface area contributed by atoms with Crippen LogP contribution in [0.1, 0.15) is 0 Å². The van der Waals surface area contributed by atoms with Crippen LogP contribution in [0.3, 0.4) is 0 Å². The lowest BCUT2D eigenvalue weighted by atomic mass is 10.2. The summed E-state index contributed by atoms with van der Waals surface area (Å²) in [6.07, 6.45) is 0. The zero-order valence-electron chi connectivity index (χ0n) is 8.53. The lowest BCUT2D eigenvalue weighted by Gasteiger charge is -2.21. The lowest BCUT2D eigenvalue weighted by molar-refractivity contribution is 1.32. The summed E-state index contributed by atoms with van der Waals surface area (Å²) in [5.74, 6) is 0. The highest BCUT2D eigenvalue weighted by atomic mass is 32.2. The summed E-state index contributed by atoms with van der Waals surface area (Å²) in [5.41, 5.74) is 15.3. The number of benzene rings is 2. The number of hydrogen-bond donors (Lipinski definition) is 3. The Kier molecular flexibility index (Phi) is 1.97. The average Bonchev–Trinajstić information content (AvgIpc) is 2.26. The van der Waals surface area contributed by atoms with Gasteiger partial charge in [0.25, 0.3) is 0 Å². The van der Waals surface area contributed by atoms with Gasteiger partial charge >= 0.3 is 0 Å². The minimum absolute atomic E-state index is 0.778. The van der Waals surface area contributed by atoms with Crippen molar-refractivity contribution in [3.63, 3.8) is 0 Å². The van der Waals surface area contributed by atoms with E-state index in [1.54, 1.807) is 11.8 Å². The van der Waals surface area contributed by atoms with Gasteiger partial charge in [0.1, 0.15) is 0 Å². The molecule has 4 heteroatoms. The predicted octanol–water partition coefficient (Wildman–Crippen LogP) is 3.06. The smallest absolute Gasteiger partial charge is 0.0527 e. The fourth-order valence-electron chi connectivity index (χ4n) is 1.72. The second kappa shape index (κ2) is 3.35. The zero-order valence-corrected chi connectivity index (χ0v) is 9.34. The summed E-state index contributed by atoms with van der Waals surface area (Å²) in [7, 11) is 0. The van der Waals surface area contributed by atoms with Crippen LogP contribution in [-0.2, 0) is 0 Å². The van der Waals surface area contributed by atoms with Crippen LogP contribution in [0, 0.1) is 0 Å². The van der Waals surface area contributed by atoms with Crippen molar-refractivity contribution in [2.75, 3.05) is 16.8 Å². The number of nitrogen functional groups attached to an aromatic ring is 2. The highest BCUT2D eigenvalue weighted by molar-refractivity contribution is 7.99. The molecule has 1 aliphatic rings. The van der Waals surface area contributed by atoms with Crippen molar-refractivity contribution >= 4 is 34.5 Å². The van der Waals surface area contributed by atoms with Crippen molar-refractivity contribution in [2.24, 2.45) is 0 Å². The van der Waals surface area contributed by atoms with E-state index in [1.807, 2.05) is 36.4 Å². The number of fused-ring (bicyclic) bond motifs is 2. The molecule has 2 aromatic carbocycles. The van der Waals surface area contributed by atoms with E-state index in [0.29, 0.717) is 0 Å². The van der Waals surface area contributed by atoms with Crippen molar-refractivity contribution in [1.82, 2.24) is 0 Å². The van der Waals surface area contributed by atoms with E-state index in [2.05, 4.69) is 5.32 Å². The first-order valence-electron chi connectivity index (χ1n) is 4.96. The van der Waals surface area contributed by atoms with Crippen molar-refractivity contribution in [2.45, 2.75) is 9.79 Å². The van der Waals surface area contributed by atoms with Crippen LogP contribution in [0.2, 0.25) is 0 Å². The Hall–Kier alpha value is -1.81. The standard InChI is InChI=1S/C12H11N3S/c13-7-1-3-9-11(5-7)16-12-6-8(14)2-4-10(12)15-9/h1-6,15H,13-14H2. The normalized spacial score (nSPS) is 12.5. The molecular weight excluding hydrogens is 218 g/mol. The van der Waals surface area contributed by atoms with E-state index in [1.165, 1.54) is 0 Å². The molecule has 3 rings (SSSR count). The fraction of sp³-hybridized carbons (Fsp3) is 0. The molecular formula is C12H11N3S. The molecule has 1 heterocycles. The van der Waals surface area contributed by atoms with Gasteiger partial charge in [0.15, 0.2) is 0 Å². The molecule has 0 saturated carbocycles. The highest BCUT2D eigenvalue weighted by Gasteiger charge is 2.15. The highest BCUT2D eigenvalue weighted by Crippen LogP contribution is 2.45. The summed E-state index contributed by atoms with van der Waals surface area (Å²) in [6, 6.07) is 11.7. The van der Waals surface area contributed by atoms with Crippen LogP contribution >= 0.6 is 11.8 Å². The van der Waals surface area contributed by atoms with Gasteiger partial charge in [-0.1, -0.05) is 11.8 Å². The Morgan fingerprint density at radius 1 is 0.812 bits per heavy atom. The molecule has 80 valence electrons. The molecule has 2 aromatic rings. The van der Waals surface area contributed by atoms with Gasteiger partial charge in [-0.3, -0.25) is 0 Å². The lowest BCUT2D eigenvalue weighted by Crippen LogP contribution is -2.01. The Balaban J connectivity index is 2.10. The van der Waals surface area contributed by atoms with Gasteiger partial charge in [-0.05, 0) is 36.4 Å². The molecule has 16 heavy (non-hydrogen) atoms. The molecule has 0 aromatic heterocycles. The minimum Gasteiger partial charge on any atom is -0.399 e. The summed E-state index contributed by atoms with van der Waals surface area (Å²) in [6.45, 7) is 0. The molecule has 3 nitrogen and oxygen atoms in total. The number of anilines is 4. The molecule has 5 N–H and O–H groups in total. The van der Waals surface area contributed by atoms with E-state index in [9.17, 15) is 0 Å². The van der Waals surface area contributed by atoms with Crippen LogP contribution in [0.25, 0.3) is 0 Å². The molecule has 0 unspecified atom stereocenters. The Labute approximate surface area is 97.8 Å². The maximum absolute atomic E-state index is 5.77. The molecule has 0 amide bonds. The first kappa shape index (κ1) is 9.42. The summed E-state index contributed by atoms with van der Waals surface area (Å²) in [4.78, 5) is 2.27. The summed E-state index contributed by atoms with van der Waals surface area (Å²) < 4.78 is 0. The van der Waals surface area contributed by atoms with E-state index < -0.39 is 0 Å². The molecule has 1 aliphatic heterocycles. The first-order chi connectivity index (χ1) is 7.72. The van der Waals surface area contributed by atoms with Gasteiger partial charge in [-0.25, -0.2) is 0 Å². The van der Waals surface area contributed by atoms with Gasteiger partial charge in [-0.2, -0.15) is 0 Å². The minimum atomic E-state index is 0.778. The number of nitrogens with two attached hydrogens (primary N) is 2. The molecule has 0 saturated heterocycles. The maximum Gasteiger partial charge on any atom is 0.0527 e. The van der Waals surface area contributed by atoms with E-state index in [-0.39, 0.29) is 0 Å². The first-order valence-corrected chi connectivity index (χ1v) is 5.78. The second-order valence-electron chi connectivity index (χ2n) is 3.74. The van der Waals surface area contributed by atoms with E-state index in [0.717, 1.165) is 32.5 Å². The van der Waals surface area contributed by atoms with E-state index in [4.69, 9.17) is 11.5 Å². The predicted molar refractivity (Wildman–Crippen MR) is 69.1 cm³/mol. The number of nitrogens with one attached hydrogen (secondary N) is 1. The number of rotatable bonds is 0. The SMILES string of the molecule is Nc1ccc2c(c1)Sc1cc(N)ccc1N2. The maximum atomic E-state index is 5.77. The zero-order chi connectivity index (χ0) is 11.1. The quantitative estimate of drug-likeness (QED) is 0.518. The molecule has 0 atom stereocenters. The summed E-state index contributed by atoms with van der Waals surface area (Å²) >= 11 is 1.69. The third-order valence-electron chi connectivity index (χ3n) is 2.50. The molecule has 0 bridgehead atoms. The van der Waals surface area contributed by atoms with Crippen LogP contribution in [0.4, 0.5) is 22.7 Å². The Morgan fingerprint density at radius 3 is 1.81 bits per heavy atom. The summed E-state index contributed by atoms with van der Waals surface area (Å²) in [5, 5.41) is 3.36. The average molecular weight is 229 g/mol. The van der Waals surface area contributed by atoms with Crippen LogP contribution in [0.5, 0.6) is 0 Å². The third kappa shape index (κ3) is 1.47. The van der Waals surface area contributed by atoms with Gasteiger partial charge in [0.05, 0.1) is 11.4 Å². The second-order valence-corrected chi connectivity index (χ2v) is 4.82.